The zero-order valence-electron chi connectivity index (χ0n) is 61.7. The van der Waals surface area contributed by atoms with Gasteiger partial charge in [-0.2, -0.15) is 15.0 Å². The summed E-state index contributed by atoms with van der Waals surface area (Å²) in [4.78, 5) is 102. The molecule has 0 aliphatic carbocycles. The van der Waals surface area contributed by atoms with Crippen molar-refractivity contribution in [2.75, 3.05) is 115 Å². The first-order chi connectivity index (χ1) is 52.7. The molecule has 0 saturated carbocycles. The molecule has 1 unspecified atom stereocenters. The third kappa shape index (κ3) is 17.1. The fourth-order valence-electron chi connectivity index (χ4n) is 14.8. The number of piperidine rings is 3. The largest absolute Gasteiger partial charge is 0.493 e. The summed E-state index contributed by atoms with van der Waals surface area (Å²) < 4.78 is 49.8. The fraction of sp³-hybridized carbons (Fsp3) is 0.407. The van der Waals surface area contributed by atoms with Gasteiger partial charge in [0.1, 0.15) is 0 Å². The smallest absolute Gasteiger partial charge is 0.230 e. The molecule has 0 bridgehead atoms. The molecule has 3 aromatic heterocycles. The van der Waals surface area contributed by atoms with Gasteiger partial charge in [0.15, 0.2) is 34.5 Å². The minimum atomic E-state index is -0.307. The zero-order chi connectivity index (χ0) is 75.2. The second-order valence-electron chi connectivity index (χ2n) is 27.3. The molecule has 15 rings (SSSR count). The molecule has 0 N–H and O–H groups in total. The third-order valence-corrected chi connectivity index (χ3v) is 20.6. The number of anilines is 3. The Labute approximate surface area is 626 Å². The van der Waals surface area contributed by atoms with E-state index >= 15 is 0 Å². The molecular weight excluding hydrogens is 1380 g/mol. The van der Waals surface area contributed by atoms with E-state index in [2.05, 4.69) is 30.4 Å². The normalized spacial score (nSPS) is 18.5. The monoisotopic (exact) mass is 1470 g/mol. The lowest BCUT2D eigenvalue weighted by molar-refractivity contribution is -0.137. The molecule has 6 aliphatic rings. The highest BCUT2D eigenvalue weighted by Gasteiger charge is 2.42. The van der Waals surface area contributed by atoms with Crippen LogP contribution in [-0.4, -0.2) is 181 Å². The standard InChI is InChI=1S/3C27H30N4O5/c3*1-3-35-22-10-9-19(15-23(22)34-2)25-28-26(36-29-25)18-11-13-30(14-12-18)27(33)20-16-24(32)31(17-20)21-7-5-4-6-8-21/h3*4-10,15,18,20H,3,11-14,16-17H2,1-2H3/t2*20-;/m10./s1. The quantitative estimate of drug-likeness (QED) is 0.0645. The van der Waals surface area contributed by atoms with Crippen LogP contribution in [0.2, 0.25) is 0 Å². The number of hydrogen-bond donors (Lipinski definition) is 0. The average molecular weight is 1470 g/mol. The van der Waals surface area contributed by atoms with Crippen molar-refractivity contribution < 1.29 is 70.8 Å². The van der Waals surface area contributed by atoms with Crippen molar-refractivity contribution in [3.8, 4) is 68.7 Å². The van der Waals surface area contributed by atoms with Gasteiger partial charge in [0.25, 0.3) is 0 Å². The van der Waals surface area contributed by atoms with Crippen molar-refractivity contribution in [1.29, 1.82) is 0 Å². The molecule has 27 heteroatoms. The average Bonchev–Trinajstić information content (AvgIpc) is 1.66. The van der Waals surface area contributed by atoms with Gasteiger partial charge >= 0.3 is 0 Å². The Balaban J connectivity index is 0.000000143. The van der Waals surface area contributed by atoms with E-state index in [4.69, 9.17) is 42.0 Å². The van der Waals surface area contributed by atoms with Crippen LogP contribution in [0, 0.1) is 17.8 Å². The van der Waals surface area contributed by atoms with E-state index in [1.807, 2.05) is 181 Å². The van der Waals surface area contributed by atoms with Gasteiger partial charge in [0.2, 0.25) is 70.6 Å². The summed E-state index contributed by atoms with van der Waals surface area (Å²) in [7, 11) is 4.79. The van der Waals surface area contributed by atoms with Crippen LogP contribution in [0.25, 0.3) is 34.2 Å². The van der Waals surface area contributed by atoms with Crippen LogP contribution in [0.5, 0.6) is 34.5 Å². The molecule has 108 heavy (non-hydrogen) atoms. The van der Waals surface area contributed by atoms with E-state index in [-0.39, 0.29) is 90.2 Å². The molecule has 564 valence electrons. The van der Waals surface area contributed by atoms with Gasteiger partial charge in [-0.3, -0.25) is 28.8 Å². The zero-order valence-corrected chi connectivity index (χ0v) is 61.7. The lowest BCUT2D eigenvalue weighted by Gasteiger charge is -2.32. The van der Waals surface area contributed by atoms with Crippen LogP contribution in [0.3, 0.4) is 0 Å². The van der Waals surface area contributed by atoms with Gasteiger partial charge in [-0.25, -0.2) is 0 Å². The van der Waals surface area contributed by atoms with Crippen LogP contribution >= 0.6 is 0 Å². The molecule has 27 nitrogen and oxygen atoms in total. The van der Waals surface area contributed by atoms with Gasteiger partial charge in [-0.1, -0.05) is 70.1 Å². The van der Waals surface area contributed by atoms with Crippen molar-refractivity contribution in [3.63, 3.8) is 0 Å². The van der Waals surface area contributed by atoms with E-state index < -0.39 is 0 Å². The number of rotatable bonds is 21. The molecule has 6 fully saturated rings. The minimum Gasteiger partial charge on any atom is -0.493 e. The Morgan fingerprint density at radius 1 is 0.370 bits per heavy atom. The van der Waals surface area contributed by atoms with Crippen LogP contribution in [0.1, 0.15) is 114 Å². The molecule has 3 atom stereocenters. The summed E-state index contributed by atoms with van der Waals surface area (Å²) in [6, 6.07) is 45.2. The number of methoxy groups -OCH3 is 3. The molecule has 0 spiro atoms. The Morgan fingerprint density at radius 3 is 0.870 bits per heavy atom. The summed E-state index contributed by atoms with van der Waals surface area (Å²) in [5, 5.41) is 12.5. The molecule has 6 saturated heterocycles. The van der Waals surface area contributed by atoms with E-state index in [1.165, 1.54) is 0 Å². The maximum Gasteiger partial charge on any atom is 0.230 e. The van der Waals surface area contributed by atoms with Crippen molar-refractivity contribution in [2.45, 2.75) is 96.3 Å². The lowest BCUT2D eigenvalue weighted by atomic mass is 9.95. The maximum atomic E-state index is 13.2. The maximum absolute atomic E-state index is 13.2. The first-order valence-corrected chi connectivity index (χ1v) is 37.1. The highest BCUT2D eigenvalue weighted by molar-refractivity contribution is 6.02. The van der Waals surface area contributed by atoms with Crippen molar-refractivity contribution in [3.05, 3.63) is 163 Å². The Hall–Kier alpha value is -11.6. The SMILES string of the molecule is CCOc1ccc(-c2noc(C3CCN(C(=O)C4CC(=O)N(c5ccccc5)C4)CC3)n2)cc1OC.CCOc1ccc(-c2noc(C3CCN(C(=O)[C@@H]4CC(=O)N(c5ccccc5)C4)CC3)n2)cc1OC.CCOc1ccc(-c2noc(C3CCN(C(=O)[C@H]4CC(=O)N(c5ccccc5)C4)CC3)n2)cc1OC. The topological polar surface area (TPSA) is 294 Å². The lowest BCUT2D eigenvalue weighted by Crippen LogP contribution is -2.42. The molecule has 0 radical (unpaired) electrons. The van der Waals surface area contributed by atoms with Crippen LogP contribution in [0.4, 0.5) is 17.1 Å². The van der Waals surface area contributed by atoms with Crippen LogP contribution in [-0.2, 0) is 28.8 Å². The van der Waals surface area contributed by atoms with E-state index in [9.17, 15) is 28.8 Å². The highest BCUT2D eigenvalue weighted by atomic mass is 16.5. The Kier molecular flexibility index (Phi) is 24.0. The molecule has 6 amide bonds. The van der Waals surface area contributed by atoms with Crippen LogP contribution in [0.15, 0.2) is 159 Å². The van der Waals surface area contributed by atoms with E-state index in [0.717, 1.165) is 72.3 Å². The number of carbonyl (C=O) groups is 6. The number of nitrogens with zero attached hydrogens (tertiary/aromatic N) is 12. The first kappa shape index (κ1) is 74.6. The molecule has 6 aliphatic heterocycles. The third-order valence-electron chi connectivity index (χ3n) is 20.6. The highest BCUT2D eigenvalue weighted by Crippen LogP contribution is 2.40. The predicted molar refractivity (Wildman–Crippen MR) is 399 cm³/mol. The number of ether oxygens (including phenoxy) is 6. The molecule has 9 heterocycles. The summed E-state index contributed by atoms with van der Waals surface area (Å²) in [6.45, 7) is 12.3. The number of benzene rings is 6. The number of aromatic nitrogens is 6. The number of hydrogen-bond acceptors (Lipinski definition) is 21. The number of para-hydroxylation sites is 3. The predicted octanol–water partition coefficient (Wildman–Crippen LogP) is 11.7. The summed E-state index contributed by atoms with van der Waals surface area (Å²) in [5.41, 5.74) is 4.88. The number of amides is 6. The van der Waals surface area contributed by atoms with Gasteiger partial charge in [0.05, 0.1) is 58.9 Å². The Bertz CT molecular complexity index is 4110. The second-order valence-corrected chi connectivity index (χ2v) is 27.3. The first-order valence-electron chi connectivity index (χ1n) is 37.1. The van der Waals surface area contributed by atoms with Gasteiger partial charge in [-0.05, 0) is 150 Å². The van der Waals surface area contributed by atoms with Crippen molar-refractivity contribution in [1.82, 2.24) is 45.1 Å². The minimum absolute atomic E-state index is 0.00116. The Morgan fingerprint density at radius 2 is 0.630 bits per heavy atom. The van der Waals surface area contributed by atoms with Crippen molar-refractivity contribution in [2.24, 2.45) is 17.8 Å². The molecule has 9 aromatic rings. The summed E-state index contributed by atoms with van der Waals surface area (Å²) >= 11 is 0. The van der Waals surface area contributed by atoms with Gasteiger partial charge < -0.3 is 71.4 Å². The van der Waals surface area contributed by atoms with Gasteiger partial charge in [0, 0.05) is 130 Å². The van der Waals surface area contributed by atoms with Gasteiger partial charge in [-0.15, -0.1) is 0 Å². The van der Waals surface area contributed by atoms with E-state index in [1.54, 1.807) is 36.0 Å². The van der Waals surface area contributed by atoms with Crippen molar-refractivity contribution >= 4 is 52.5 Å². The molecular formula is C81H90N12O15. The fourth-order valence-corrected chi connectivity index (χ4v) is 14.8. The number of likely N-dealkylation sites (tertiary alicyclic amines) is 3. The van der Waals surface area contributed by atoms with Crippen LogP contribution < -0.4 is 43.1 Å². The summed E-state index contributed by atoms with van der Waals surface area (Å²) in [5.74, 6) is 6.56. The van der Waals surface area contributed by atoms with E-state index in [0.29, 0.717) is 148 Å². The summed E-state index contributed by atoms with van der Waals surface area (Å²) in [6.07, 6.45) is 5.20. The molecule has 6 aromatic carbocycles. The second kappa shape index (κ2) is 34.7. The number of carbonyl (C=O) groups excluding carboxylic acids is 6.